The van der Waals surface area contributed by atoms with Gasteiger partial charge in [-0.1, -0.05) is 6.42 Å². The van der Waals surface area contributed by atoms with E-state index in [0.29, 0.717) is 24.0 Å². The highest BCUT2D eigenvalue weighted by Gasteiger charge is 2.34. The molecule has 3 rings (SSSR count). The molecule has 0 saturated heterocycles. The third kappa shape index (κ3) is 2.42. The zero-order chi connectivity index (χ0) is 15.0. The lowest BCUT2D eigenvalue weighted by molar-refractivity contribution is -0.382. The number of hydrogen-bond acceptors (Lipinski definition) is 6. The number of benzene rings is 1. The molecule has 1 aliphatic carbocycles. The van der Waals surface area contributed by atoms with Crippen molar-refractivity contribution in [2.24, 2.45) is 5.92 Å². The Morgan fingerprint density at radius 2 is 2.29 bits per heavy atom. The van der Waals surface area contributed by atoms with Crippen LogP contribution in [0, 0.1) is 16.0 Å². The number of nitro groups is 1. The van der Waals surface area contributed by atoms with Crippen LogP contribution in [-0.4, -0.2) is 27.0 Å². The maximum atomic E-state index is 11.3. The fourth-order valence-electron chi connectivity index (χ4n) is 2.85. The normalized spacial score (nSPS) is 21.5. The van der Waals surface area contributed by atoms with Crippen LogP contribution in [0.3, 0.4) is 0 Å². The van der Waals surface area contributed by atoms with Gasteiger partial charge in [-0.25, -0.2) is 4.98 Å². The molecule has 8 heteroatoms. The van der Waals surface area contributed by atoms with Gasteiger partial charge in [-0.15, -0.1) is 11.3 Å². The first-order chi connectivity index (χ1) is 10.1. The topological polar surface area (TPSA) is 105 Å². The summed E-state index contributed by atoms with van der Waals surface area (Å²) >= 11 is 1.34. The van der Waals surface area contributed by atoms with Gasteiger partial charge in [-0.2, -0.15) is 0 Å². The van der Waals surface area contributed by atoms with Gasteiger partial charge in [-0.05, 0) is 25.0 Å². The molecule has 2 N–H and O–H groups in total. The SMILES string of the molecule is O=C(O)C1CCCC1Nc1ccc2scnc2c1[N+](=O)[O-]. The summed E-state index contributed by atoms with van der Waals surface area (Å²) < 4.78 is 0.744. The van der Waals surface area contributed by atoms with Crippen molar-refractivity contribution < 1.29 is 14.8 Å². The Kier molecular flexibility index (Phi) is 3.46. The second kappa shape index (κ2) is 5.28. The monoisotopic (exact) mass is 307 g/mol. The standard InChI is InChI=1S/C13H13N3O4S/c17-13(18)7-2-1-3-8(7)15-9-4-5-10-11(14-6-21-10)12(9)16(19)20/h4-8,15H,1-3H2,(H,17,18). The van der Waals surface area contributed by atoms with Crippen molar-refractivity contribution in [1.29, 1.82) is 0 Å². The van der Waals surface area contributed by atoms with Crippen LogP contribution in [0.1, 0.15) is 19.3 Å². The minimum atomic E-state index is -0.859. The predicted octanol–water partition coefficient (Wildman–Crippen LogP) is 2.87. The number of carbonyl (C=O) groups is 1. The third-order valence-electron chi connectivity index (χ3n) is 3.83. The zero-order valence-electron chi connectivity index (χ0n) is 11.0. The minimum Gasteiger partial charge on any atom is -0.481 e. The maximum Gasteiger partial charge on any atom is 0.319 e. The summed E-state index contributed by atoms with van der Waals surface area (Å²) in [5.74, 6) is -1.36. The quantitative estimate of drug-likeness (QED) is 0.664. The first-order valence-electron chi connectivity index (χ1n) is 6.58. The second-order valence-corrected chi connectivity index (χ2v) is 5.93. The molecule has 2 atom stereocenters. The van der Waals surface area contributed by atoms with Gasteiger partial charge in [0.05, 0.1) is 21.1 Å². The van der Waals surface area contributed by atoms with E-state index in [1.54, 1.807) is 17.6 Å². The van der Waals surface area contributed by atoms with Crippen molar-refractivity contribution in [2.45, 2.75) is 25.3 Å². The number of hydrogen-bond donors (Lipinski definition) is 2. The molecule has 0 aliphatic heterocycles. The number of thiazole rings is 1. The predicted molar refractivity (Wildman–Crippen MR) is 78.7 cm³/mol. The lowest BCUT2D eigenvalue weighted by atomic mass is 10.0. The number of fused-ring (bicyclic) bond motifs is 1. The first kappa shape index (κ1) is 13.7. The number of carboxylic acid groups (broad SMARTS) is 1. The lowest BCUT2D eigenvalue weighted by Gasteiger charge is -2.18. The number of anilines is 1. The summed E-state index contributed by atoms with van der Waals surface area (Å²) in [4.78, 5) is 26.1. The number of rotatable bonds is 4. The number of nitrogens with one attached hydrogen (secondary N) is 1. The van der Waals surface area contributed by atoms with E-state index in [0.717, 1.165) is 11.1 Å². The Bertz CT molecular complexity index is 715. The van der Waals surface area contributed by atoms with E-state index < -0.39 is 16.8 Å². The minimum absolute atomic E-state index is 0.0789. The molecule has 1 aliphatic rings. The molecule has 7 nitrogen and oxygen atoms in total. The highest BCUT2D eigenvalue weighted by Crippen LogP contribution is 2.37. The Morgan fingerprint density at radius 3 is 3.00 bits per heavy atom. The van der Waals surface area contributed by atoms with Crippen LogP contribution >= 0.6 is 11.3 Å². The molecule has 1 aromatic heterocycles. The van der Waals surface area contributed by atoms with E-state index in [-0.39, 0.29) is 11.7 Å². The fourth-order valence-corrected chi connectivity index (χ4v) is 3.53. The molecule has 0 bridgehead atoms. The Morgan fingerprint density at radius 1 is 1.48 bits per heavy atom. The summed E-state index contributed by atoms with van der Waals surface area (Å²) in [6, 6.07) is 3.13. The number of nitrogens with zero attached hydrogens (tertiary/aromatic N) is 2. The number of nitro benzene ring substituents is 1. The van der Waals surface area contributed by atoms with Crippen molar-refractivity contribution in [3.8, 4) is 0 Å². The Hall–Kier alpha value is -2.22. The molecule has 110 valence electrons. The summed E-state index contributed by atoms with van der Waals surface area (Å²) in [5.41, 5.74) is 2.18. The highest BCUT2D eigenvalue weighted by molar-refractivity contribution is 7.16. The first-order valence-corrected chi connectivity index (χ1v) is 7.46. The molecular weight excluding hydrogens is 294 g/mol. The van der Waals surface area contributed by atoms with Gasteiger partial charge >= 0.3 is 11.7 Å². The van der Waals surface area contributed by atoms with Gasteiger partial charge < -0.3 is 10.4 Å². The third-order valence-corrected chi connectivity index (χ3v) is 4.63. The lowest BCUT2D eigenvalue weighted by Crippen LogP contribution is -2.30. The van der Waals surface area contributed by atoms with E-state index in [2.05, 4.69) is 10.3 Å². The maximum absolute atomic E-state index is 11.3. The summed E-state index contributed by atoms with van der Waals surface area (Å²) in [6.07, 6.45) is 2.10. The summed E-state index contributed by atoms with van der Waals surface area (Å²) in [6.45, 7) is 0. The number of carboxylic acids is 1. The molecule has 1 fully saturated rings. The van der Waals surface area contributed by atoms with Crippen molar-refractivity contribution in [3.05, 3.63) is 27.8 Å². The highest BCUT2D eigenvalue weighted by atomic mass is 32.1. The van der Waals surface area contributed by atoms with Crippen LogP contribution in [-0.2, 0) is 4.79 Å². The van der Waals surface area contributed by atoms with Gasteiger partial charge in [0.2, 0.25) is 0 Å². The summed E-state index contributed by atoms with van der Waals surface area (Å²) in [7, 11) is 0. The van der Waals surface area contributed by atoms with Crippen LogP contribution in [0.25, 0.3) is 10.2 Å². The molecule has 2 unspecified atom stereocenters. The van der Waals surface area contributed by atoms with Crippen molar-refractivity contribution >= 4 is 38.9 Å². The average Bonchev–Trinajstić information content (AvgIpc) is 3.05. The van der Waals surface area contributed by atoms with Crippen LogP contribution < -0.4 is 5.32 Å². The van der Waals surface area contributed by atoms with E-state index in [9.17, 15) is 20.0 Å². The van der Waals surface area contributed by atoms with Gasteiger partial charge in [0, 0.05) is 6.04 Å². The molecule has 0 spiro atoms. The molecule has 2 aromatic rings. The van der Waals surface area contributed by atoms with Gasteiger partial charge in [-0.3, -0.25) is 14.9 Å². The number of aliphatic carboxylic acids is 1. The van der Waals surface area contributed by atoms with Crippen LogP contribution in [0.5, 0.6) is 0 Å². The second-order valence-electron chi connectivity index (χ2n) is 5.04. The summed E-state index contributed by atoms with van der Waals surface area (Å²) in [5, 5.41) is 23.6. The van der Waals surface area contributed by atoms with Crippen LogP contribution in [0.2, 0.25) is 0 Å². The van der Waals surface area contributed by atoms with Gasteiger partial charge in [0.25, 0.3) is 0 Å². The van der Waals surface area contributed by atoms with Crippen molar-refractivity contribution in [3.63, 3.8) is 0 Å². The van der Waals surface area contributed by atoms with E-state index >= 15 is 0 Å². The van der Waals surface area contributed by atoms with Gasteiger partial charge in [0.15, 0.2) is 5.52 Å². The Labute approximate surface area is 123 Å². The molecule has 21 heavy (non-hydrogen) atoms. The molecule has 0 amide bonds. The van der Waals surface area contributed by atoms with Crippen molar-refractivity contribution in [2.75, 3.05) is 5.32 Å². The smallest absolute Gasteiger partial charge is 0.319 e. The van der Waals surface area contributed by atoms with Crippen LogP contribution in [0.15, 0.2) is 17.6 Å². The molecule has 0 radical (unpaired) electrons. The van der Waals surface area contributed by atoms with Crippen molar-refractivity contribution in [1.82, 2.24) is 4.98 Å². The zero-order valence-corrected chi connectivity index (χ0v) is 11.8. The van der Waals surface area contributed by atoms with E-state index in [4.69, 9.17) is 0 Å². The van der Waals surface area contributed by atoms with E-state index in [1.165, 1.54) is 11.3 Å². The molecular formula is C13H13N3O4S. The van der Waals surface area contributed by atoms with Gasteiger partial charge in [0.1, 0.15) is 5.69 Å². The average molecular weight is 307 g/mol. The number of aromatic nitrogens is 1. The fraction of sp³-hybridized carbons (Fsp3) is 0.385. The largest absolute Gasteiger partial charge is 0.481 e. The molecule has 1 saturated carbocycles. The Balaban J connectivity index is 1.98. The molecule has 1 heterocycles. The molecule has 1 aromatic carbocycles. The van der Waals surface area contributed by atoms with Crippen LogP contribution in [0.4, 0.5) is 11.4 Å². The van der Waals surface area contributed by atoms with E-state index in [1.807, 2.05) is 0 Å².